The Morgan fingerprint density at radius 3 is 2.94 bits per heavy atom. The summed E-state index contributed by atoms with van der Waals surface area (Å²) in [4.78, 5) is 34.5. The van der Waals surface area contributed by atoms with E-state index in [0.29, 0.717) is 13.0 Å². The first-order valence-electron chi connectivity index (χ1n) is 5.21. The topological polar surface area (TPSA) is 63.7 Å². The van der Waals surface area contributed by atoms with E-state index in [2.05, 4.69) is 4.74 Å². The maximum atomic E-state index is 11.8. The smallest absolute Gasteiger partial charge is 0.293 e. The number of nitrogens with zero attached hydrogens (tertiary/aromatic N) is 1. The lowest BCUT2D eigenvalue weighted by atomic mass is 10.3. The van der Waals surface area contributed by atoms with Crippen LogP contribution < -0.4 is 0 Å². The van der Waals surface area contributed by atoms with Gasteiger partial charge in [-0.25, -0.2) is 0 Å². The molecule has 1 fully saturated rings. The number of hydrogen-bond acceptors (Lipinski definition) is 5. The number of unbranched alkanes of at least 4 members (excludes halogenated alkanes) is 1. The molecule has 0 aromatic heterocycles. The fourth-order valence-electron chi connectivity index (χ4n) is 1.48. The lowest BCUT2D eigenvalue weighted by Crippen LogP contribution is -2.32. The van der Waals surface area contributed by atoms with Gasteiger partial charge >= 0.3 is 0 Å². The maximum absolute atomic E-state index is 11.8. The zero-order chi connectivity index (χ0) is 12.0. The normalized spacial score (nSPS) is 20.3. The molecule has 2 amide bonds. The molecule has 1 heterocycles. The number of carbonyl (C=O) groups is 3. The first-order valence-corrected chi connectivity index (χ1v) is 6.26. The average Bonchev–Trinajstić information content (AvgIpc) is 2.53. The van der Waals surface area contributed by atoms with Crippen LogP contribution in [0, 0.1) is 0 Å². The molecule has 90 valence electrons. The SMILES string of the molecule is CCCCN1C(=O)CC(SCOC=O)C1=O. The predicted molar refractivity (Wildman–Crippen MR) is 59.6 cm³/mol. The van der Waals surface area contributed by atoms with Crippen LogP contribution in [0.3, 0.4) is 0 Å². The van der Waals surface area contributed by atoms with E-state index in [1.807, 2.05) is 6.92 Å². The number of hydrogen-bond donors (Lipinski definition) is 0. The first kappa shape index (κ1) is 13.0. The second-order valence-corrected chi connectivity index (χ2v) is 4.62. The number of carbonyl (C=O) groups excluding carboxylic acids is 3. The molecule has 0 aliphatic carbocycles. The largest absolute Gasteiger partial charge is 0.457 e. The molecule has 0 radical (unpaired) electrons. The van der Waals surface area contributed by atoms with Crippen LogP contribution >= 0.6 is 11.8 Å². The molecule has 0 saturated carbocycles. The number of imide groups is 1. The molecular formula is C10H15NO4S. The highest BCUT2D eigenvalue weighted by atomic mass is 32.2. The molecule has 1 rings (SSSR count). The average molecular weight is 245 g/mol. The van der Waals surface area contributed by atoms with Crippen LogP contribution in [0.1, 0.15) is 26.2 Å². The number of amides is 2. The summed E-state index contributed by atoms with van der Waals surface area (Å²) in [5.74, 6) is -0.158. The Hall–Kier alpha value is -1.04. The van der Waals surface area contributed by atoms with Gasteiger partial charge in [0.25, 0.3) is 6.47 Å². The number of rotatable bonds is 7. The van der Waals surface area contributed by atoms with Crippen LogP contribution in [0.4, 0.5) is 0 Å². The van der Waals surface area contributed by atoms with Crippen LogP contribution in [0.15, 0.2) is 0 Å². The summed E-state index contributed by atoms with van der Waals surface area (Å²) in [7, 11) is 0. The molecule has 1 unspecified atom stereocenters. The summed E-state index contributed by atoms with van der Waals surface area (Å²) in [5.41, 5.74) is 0. The van der Waals surface area contributed by atoms with E-state index >= 15 is 0 Å². The summed E-state index contributed by atoms with van der Waals surface area (Å²) in [6.07, 6.45) is 2.00. The maximum Gasteiger partial charge on any atom is 0.293 e. The third-order valence-electron chi connectivity index (χ3n) is 2.34. The van der Waals surface area contributed by atoms with Gasteiger partial charge in [0.2, 0.25) is 11.8 Å². The van der Waals surface area contributed by atoms with Crippen LogP contribution in [-0.2, 0) is 19.1 Å². The Balaban J connectivity index is 2.43. The first-order chi connectivity index (χ1) is 7.70. The Labute approximate surface area is 98.5 Å². The molecule has 1 atom stereocenters. The van der Waals surface area contributed by atoms with Crippen molar-refractivity contribution in [2.24, 2.45) is 0 Å². The van der Waals surface area contributed by atoms with Crippen LogP contribution in [0.5, 0.6) is 0 Å². The lowest BCUT2D eigenvalue weighted by Gasteiger charge is -2.13. The Bertz CT molecular complexity index is 282. The van der Waals surface area contributed by atoms with Gasteiger partial charge in [0.1, 0.15) is 5.94 Å². The Morgan fingerprint density at radius 1 is 1.56 bits per heavy atom. The van der Waals surface area contributed by atoms with Crippen molar-refractivity contribution in [2.75, 3.05) is 12.5 Å². The van der Waals surface area contributed by atoms with E-state index in [-0.39, 0.29) is 29.4 Å². The van der Waals surface area contributed by atoms with E-state index in [1.54, 1.807) is 0 Å². The fourth-order valence-corrected chi connectivity index (χ4v) is 2.31. The van der Waals surface area contributed by atoms with Gasteiger partial charge < -0.3 is 4.74 Å². The van der Waals surface area contributed by atoms with Gasteiger partial charge in [0, 0.05) is 13.0 Å². The van der Waals surface area contributed by atoms with Gasteiger partial charge in [-0.2, -0.15) is 0 Å². The number of likely N-dealkylation sites (tertiary alicyclic amines) is 1. The van der Waals surface area contributed by atoms with E-state index in [1.165, 1.54) is 16.7 Å². The quantitative estimate of drug-likeness (QED) is 0.287. The highest BCUT2D eigenvalue weighted by molar-refractivity contribution is 8.00. The molecule has 1 aliphatic rings. The van der Waals surface area contributed by atoms with Crippen molar-refractivity contribution in [3.8, 4) is 0 Å². The number of thioether (sulfide) groups is 1. The summed E-state index contributed by atoms with van der Waals surface area (Å²) in [6, 6.07) is 0. The molecule has 0 N–H and O–H groups in total. The zero-order valence-electron chi connectivity index (χ0n) is 9.18. The molecule has 1 aliphatic heterocycles. The molecular weight excluding hydrogens is 230 g/mol. The summed E-state index contributed by atoms with van der Waals surface area (Å²) in [5, 5.41) is -0.385. The standard InChI is InChI=1S/C10H15NO4S/c1-2-3-4-11-9(13)5-8(10(11)14)16-7-15-6-12/h6,8H,2-5,7H2,1H3. The third-order valence-corrected chi connectivity index (χ3v) is 3.39. The van der Waals surface area contributed by atoms with Gasteiger partial charge in [-0.3, -0.25) is 19.3 Å². The Kier molecular flexibility index (Phi) is 5.31. The zero-order valence-corrected chi connectivity index (χ0v) is 10.00. The molecule has 0 aromatic rings. The highest BCUT2D eigenvalue weighted by Gasteiger charge is 2.38. The highest BCUT2D eigenvalue weighted by Crippen LogP contribution is 2.25. The minimum atomic E-state index is -0.385. The van der Waals surface area contributed by atoms with E-state index in [0.717, 1.165) is 12.8 Å². The monoisotopic (exact) mass is 245 g/mol. The van der Waals surface area contributed by atoms with Crippen LogP contribution in [0.25, 0.3) is 0 Å². The van der Waals surface area contributed by atoms with Gasteiger partial charge in [0.15, 0.2) is 0 Å². The van der Waals surface area contributed by atoms with Crippen molar-refractivity contribution in [2.45, 2.75) is 31.4 Å². The molecule has 1 saturated heterocycles. The van der Waals surface area contributed by atoms with Gasteiger partial charge in [-0.15, -0.1) is 11.8 Å². The molecule has 5 nitrogen and oxygen atoms in total. The summed E-state index contributed by atoms with van der Waals surface area (Å²) < 4.78 is 4.50. The van der Waals surface area contributed by atoms with Gasteiger partial charge in [-0.1, -0.05) is 13.3 Å². The van der Waals surface area contributed by atoms with Crippen molar-refractivity contribution < 1.29 is 19.1 Å². The Morgan fingerprint density at radius 2 is 2.31 bits per heavy atom. The lowest BCUT2D eigenvalue weighted by molar-refractivity contribution is -0.138. The summed E-state index contributed by atoms with van der Waals surface area (Å²) >= 11 is 1.19. The fraction of sp³-hybridized carbons (Fsp3) is 0.700. The van der Waals surface area contributed by atoms with E-state index in [4.69, 9.17) is 0 Å². The van der Waals surface area contributed by atoms with Gasteiger partial charge in [-0.05, 0) is 6.42 Å². The van der Waals surface area contributed by atoms with Crippen LogP contribution in [-0.4, -0.2) is 40.9 Å². The summed E-state index contributed by atoms with van der Waals surface area (Å²) in [6.45, 7) is 2.85. The second kappa shape index (κ2) is 6.52. The minimum Gasteiger partial charge on any atom is -0.457 e. The molecule has 16 heavy (non-hydrogen) atoms. The van der Waals surface area contributed by atoms with Crippen LogP contribution in [0.2, 0.25) is 0 Å². The van der Waals surface area contributed by atoms with Crippen molar-refractivity contribution in [1.82, 2.24) is 4.90 Å². The van der Waals surface area contributed by atoms with Crippen molar-refractivity contribution in [3.63, 3.8) is 0 Å². The van der Waals surface area contributed by atoms with Crippen molar-refractivity contribution in [1.29, 1.82) is 0 Å². The van der Waals surface area contributed by atoms with E-state index < -0.39 is 0 Å². The van der Waals surface area contributed by atoms with Crippen molar-refractivity contribution >= 4 is 30.0 Å². The molecule has 0 bridgehead atoms. The van der Waals surface area contributed by atoms with E-state index in [9.17, 15) is 14.4 Å². The molecule has 0 aromatic carbocycles. The van der Waals surface area contributed by atoms with Crippen molar-refractivity contribution in [3.05, 3.63) is 0 Å². The third kappa shape index (κ3) is 3.23. The van der Waals surface area contributed by atoms with Gasteiger partial charge in [0.05, 0.1) is 5.25 Å². The molecule has 6 heteroatoms. The second-order valence-electron chi connectivity index (χ2n) is 3.48. The molecule has 0 spiro atoms. The minimum absolute atomic E-state index is 0.120. The number of ether oxygens (including phenoxy) is 1. The predicted octanol–water partition coefficient (Wildman–Crippen LogP) is 0.778.